The van der Waals surface area contributed by atoms with Gasteiger partial charge in [0.25, 0.3) is 0 Å². The van der Waals surface area contributed by atoms with Gasteiger partial charge in [0, 0.05) is 0 Å². The number of hydrogen-bond acceptors (Lipinski definition) is 0. The Morgan fingerprint density at radius 2 is 1.87 bits per heavy atom. The summed E-state index contributed by atoms with van der Waals surface area (Å²) in [5.74, 6) is 0. The summed E-state index contributed by atoms with van der Waals surface area (Å²) >= 11 is 0. The molecule has 15 heavy (non-hydrogen) atoms. The maximum Gasteiger partial charge on any atom is -0.0225 e. The van der Waals surface area contributed by atoms with Crippen LogP contribution in [0.3, 0.4) is 0 Å². The van der Waals surface area contributed by atoms with E-state index in [4.69, 9.17) is 0 Å². The molecule has 1 aromatic rings. The zero-order valence-electron chi connectivity index (χ0n) is 9.63. The monoisotopic (exact) mass is 200 g/mol. The van der Waals surface area contributed by atoms with E-state index in [1.807, 2.05) is 0 Å². The molecule has 0 N–H and O–H groups in total. The van der Waals surface area contributed by atoms with Gasteiger partial charge in [0.1, 0.15) is 0 Å². The Morgan fingerprint density at radius 1 is 1.00 bits per heavy atom. The van der Waals surface area contributed by atoms with E-state index >= 15 is 0 Å². The minimum atomic E-state index is 1.27. The van der Waals surface area contributed by atoms with Crippen molar-refractivity contribution in [3.05, 3.63) is 41.5 Å². The van der Waals surface area contributed by atoms with Crippen LogP contribution in [-0.2, 0) is 0 Å². The van der Waals surface area contributed by atoms with E-state index in [0.717, 1.165) is 0 Å². The molecule has 80 valence electrons. The lowest BCUT2D eigenvalue weighted by molar-refractivity contribution is 0.643. The molecule has 0 nitrogen and oxygen atoms in total. The summed E-state index contributed by atoms with van der Waals surface area (Å²) in [5, 5.41) is 0. The lowest BCUT2D eigenvalue weighted by Crippen LogP contribution is -1.90. The van der Waals surface area contributed by atoms with Crippen LogP contribution >= 0.6 is 0 Å². The van der Waals surface area contributed by atoms with Crippen LogP contribution in [0.25, 0.3) is 5.57 Å². The summed E-state index contributed by atoms with van der Waals surface area (Å²) in [5.41, 5.74) is 4.38. The van der Waals surface area contributed by atoms with Gasteiger partial charge in [-0.05, 0) is 43.7 Å². The van der Waals surface area contributed by atoms with Crippen molar-refractivity contribution in [1.82, 2.24) is 0 Å². The van der Waals surface area contributed by atoms with Crippen LogP contribution in [0, 0.1) is 6.92 Å². The highest BCUT2D eigenvalue weighted by Gasteiger charge is 2.04. The number of aryl methyl sites for hydroxylation is 1. The molecule has 0 heterocycles. The molecule has 0 saturated carbocycles. The lowest BCUT2D eigenvalue weighted by atomic mass is 9.94. The summed E-state index contributed by atoms with van der Waals surface area (Å²) < 4.78 is 0. The second-order valence-electron chi connectivity index (χ2n) is 4.55. The van der Waals surface area contributed by atoms with Crippen molar-refractivity contribution in [1.29, 1.82) is 0 Å². The molecule has 2 rings (SSSR count). The van der Waals surface area contributed by atoms with E-state index in [1.165, 1.54) is 49.7 Å². The minimum absolute atomic E-state index is 1.27. The van der Waals surface area contributed by atoms with Crippen LogP contribution < -0.4 is 0 Å². The third kappa shape index (κ3) is 2.95. The maximum atomic E-state index is 2.45. The van der Waals surface area contributed by atoms with E-state index < -0.39 is 0 Å². The summed E-state index contributed by atoms with van der Waals surface area (Å²) in [6.45, 7) is 2.17. The molecule has 0 unspecified atom stereocenters. The summed E-state index contributed by atoms with van der Waals surface area (Å²) in [6.07, 6.45) is 10.5. The van der Waals surface area contributed by atoms with Gasteiger partial charge in [-0.25, -0.2) is 0 Å². The van der Waals surface area contributed by atoms with Gasteiger partial charge in [-0.2, -0.15) is 0 Å². The van der Waals surface area contributed by atoms with Crippen LogP contribution in [0.5, 0.6) is 0 Å². The fourth-order valence-corrected chi connectivity index (χ4v) is 2.30. The molecule has 0 spiro atoms. The molecule has 0 radical (unpaired) electrons. The van der Waals surface area contributed by atoms with Gasteiger partial charge in [-0.15, -0.1) is 0 Å². The largest absolute Gasteiger partial charge is 0.0807 e. The summed E-state index contributed by atoms with van der Waals surface area (Å²) in [6, 6.07) is 8.91. The molecule has 0 bridgehead atoms. The van der Waals surface area contributed by atoms with Gasteiger partial charge >= 0.3 is 0 Å². The molecule has 0 saturated heterocycles. The molecular weight excluding hydrogens is 180 g/mol. The molecule has 0 fully saturated rings. The van der Waals surface area contributed by atoms with Crippen LogP contribution in [0.15, 0.2) is 30.3 Å². The highest BCUT2D eigenvalue weighted by molar-refractivity contribution is 5.66. The van der Waals surface area contributed by atoms with E-state index in [1.54, 1.807) is 5.57 Å². The number of allylic oxidation sites excluding steroid dienone is 2. The Labute approximate surface area is 93.0 Å². The predicted molar refractivity (Wildman–Crippen MR) is 66.9 cm³/mol. The molecule has 0 amide bonds. The minimum Gasteiger partial charge on any atom is -0.0807 e. The van der Waals surface area contributed by atoms with Crippen molar-refractivity contribution in [2.45, 2.75) is 45.4 Å². The third-order valence-corrected chi connectivity index (χ3v) is 3.18. The second kappa shape index (κ2) is 5.16. The highest BCUT2D eigenvalue weighted by atomic mass is 14.1. The Morgan fingerprint density at radius 3 is 2.73 bits per heavy atom. The Hall–Kier alpha value is -1.04. The zero-order chi connectivity index (χ0) is 10.5. The van der Waals surface area contributed by atoms with Crippen molar-refractivity contribution < 1.29 is 0 Å². The predicted octanol–water partition coefficient (Wildman–Crippen LogP) is 4.73. The topological polar surface area (TPSA) is 0 Å². The van der Waals surface area contributed by atoms with Crippen LogP contribution in [0.4, 0.5) is 0 Å². The Balaban J connectivity index is 2.20. The molecule has 0 aliphatic heterocycles. The molecule has 0 aromatic heterocycles. The first kappa shape index (κ1) is 10.5. The first-order valence-electron chi connectivity index (χ1n) is 6.12. The third-order valence-electron chi connectivity index (χ3n) is 3.18. The standard InChI is InChI=1S/C15H20/c1-13-8-7-11-15(12-13)14-9-5-3-2-4-6-10-14/h7-9,11-12H,2-6,10H2,1H3/b14-9+. The molecule has 0 heteroatoms. The SMILES string of the molecule is Cc1cccc(/C2=C/CCCCCC2)c1. The van der Waals surface area contributed by atoms with Gasteiger partial charge in [-0.3, -0.25) is 0 Å². The van der Waals surface area contributed by atoms with Gasteiger partial charge in [0.15, 0.2) is 0 Å². The van der Waals surface area contributed by atoms with Crippen molar-refractivity contribution in [2.75, 3.05) is 0 Å². The van der Waals surface area contributed by atoms with Crippen LogP contribution in [-0.4, -0.2) is 0 Å². The normalized spacial score (nSPS) is 21.3. The van der Waals surface area contributed by atoms with E-state index in [-0.39, 0.29) is 0 Å². The number of rotatable bonds is 1. The fourth-order valence-electron chi connectivity index (χ4n) is 2.30. The molecule has 1 aromatic carbocycles. The van der Waals surface area contributed by atoms with E-state index in [2.05, 4.69) is 37.3 Å². The first-order valence-corrected chi connectivity index (χ1v) is 6.12. The molecular formula is C15H20. The smallest absolute Gasteiger partial charge is 0.0225 e. The van der Waals surface area contributed by atoms with Crippen LogP contribution in [0.1, 0.15) is 49.7 Å². The van der Waals surface area contributed by atoms with E-state index in [0.29, 0.717) is 0 Å². The Bertz CT molecular complexity index is 347. The maximum absolute atomic E-state index is 2.45. The van der Waals surface area contributed by atoms with Gasteiger partial charge in [-0.1, -0.05) is 48.7 Å². The quantitative estimate of drug-likeness (QED) is 0.614. The summed E-state index contributed by atoms with van der Waals surface area (Å²) in [4.78, 5) is 0. The van der Waals surface area contributed by atoms with Crippen LogP contribution in [0.2, 0.25) is 0 Å². The number of hydrogen-bond donors (Lipinski definition) is 0. The summed E-state index contributed by atoms with van der Waals surface area (Å²) in [7, 11) is 0. The molecule has 0 atom stereocenters. The zero-order valence-corrected chi connectivity index (χ0v) is 9.63. The van der Waals surface area contributed by atoms with Gasteiger partial charge in [0.2, 0.25) is 0 Å². The van der Waals surface area contributed by atoms with Crippen molar-refractivity contribution in [3.63, 3.8) is 0 Å². The lowest BCUT2D eigenvalue weighted by Gasteiger charge is -2.12. The first-order chi connectivity index (χ1) is 7.36. The van der Waals surface area contributed by atoms with Gasteiger partial charge < -0.3 is 0 Å². The Kier molecular flexibility index (Phi) is 3.60. The van der Waals surface area contributed by atoms with E-state index in [9.17, 15) is 0 Å². The molecule has 1 aliphatic rings. The van der Waals surface area contributed by atoms with Crippen molar-refractivity contribution in [2.24, 2.45) is 0 Å². The average molecular weight is 200 g/mol. The number of benzene rings is 1. The average Bonchev–Trinajstić information content (AvgIpc) is 2.16. The molecule has 1 aliphatic carbocycles. The van der Waals surface area contributed by atoms with Gasteiger partial charge in [0.05, 0.1) is 0 Å². The highest BCUT2D eigenvalue weighted by Crippen LogP contribution is 2.25. The van der Waals surface area contributed by atoms with Crippen molar-refractivity contribution >= 4 is 5.57 Å². The van der Waals surface area contributed by atoms with Crippen molar-refractivity contribution in [3.8, 4) is 0 Å². The fraction of sp³-hybridized carbons (Fsp3) is 0.467. The second-order valence-corrected chi connectivity index (χ2v) is 4.55.